The van der Waals surface area contributed by atoms with E-state index >= 15 is 0 Å². The van der Waals surface area contributed by atoms with Crippen molar-refractivity contribution in [1.82, 2.24) is 5.32 Å². The summed E-state index contributed by atoms with van der Waals surface area (Å²) in [5.41, 5.74) is 3.23. The summed E-state index contributed by atoms with van der Waals surface area (Å²) < 4.78 is 37.8. The Bertz CT molecular complexity index is 813. The van der Waals surface area contributed by atoms with Crippen LogP contribution in [0.3, 0.4) is 0 Å². The lowest BCUT2D eigenvalue weighted by atomic mass is 10.1. The van der Waals surface area contributed by atoms with Gasteiger partial charge in [-0.2, -0.15) is 13.2 Å². The third kappa shape index (κ3) is 4.14. The molecule has 136 valence electrons. The summed E-state index contributed by atoms with van der Waals surface area (Å²) in [5, 5.41) is 6.14. The molecule has 0 radical (unpaired) electrons. The third-order valence-electron chi connectivity index (χ3n) is 4.51. The van der Waals surface area contributed by atoms with Crippen molar-refractivity contribution in [3.63, 3.8) is 0 Å². The fraction of sp³-hybridized carbons (Fsp3) is 0.250. The first kappa shape index (κ1) is 18.2. The van der Waals surface area contributed by atoms with Gasteiger partial charge in [0.2, 0.25) is 5.91 Å². The van der Waals surface area contributed by atoms with Crippen LogP contribution in [0, 0.1) is 0 Å². The Morgan fingerprint density at radius 2 is 1.92 bits per heavy atom. The van der Waals surface area contributed by atoms with Crippen LogP contribution in [0.5, 0.6) is 0 Å². The van der Waals surface area contributed by atoms with E-state index in [4.69, 9.17) is 0 Å². The zero-order valence-corrected chi connectivity index (χ0v) is 14.1. The average Bonchev–Trinajstić information content (AvgIpc) is 3.01. The van der Waals surface area contributed by atoms with Crippen molar-refractivity contribution in [2.75, 3.05) is 5.32 Å². The highest BCUT2D eigenvalue weighted by Crippen LogP contribution is 2.33. The Kier molecular flexibility index (Phi) is 5.13. The van der Waals surface area contributed by atoms with Crippen molar-refractivity contribution in [2.24, 2.45) is 0 Å². The molecule has 1 aliphatic carbocycles. The van der Waals surface area contributed by atoms with Crippen LogP contribution < -0.4 is 10.6 Å². The number of anilines is 1. The Labute approximate surface area is 149 Å². The lowest BCUT2D eigenvalue weighted by molar-refractivity contribution is -0.137. The average molecular weight is 360 g/mol. The summed E-state index contributed by atoms with van der Waals surface area (Å²) >= 11 is 0. The number of hydrogen-bond acceptors (Lipinski definition) is 2. The second kappa shape index (κ2) is 7.33. The molecular formula is C20H19F3N2O. The quantitative estimate of drug-likeness (QED) is 0.765. The van der Waals surface area contributed by atoms with Crippen LogP contribution in [0.4, 0.5) is 18.9 Å². The molecule has 1 aliphatic rings. The first-order valence-corrected chi connectivity index (χ1v) is 8.32. The number of alkyl halides is 3. The van der Waals surface area contributed by atoms with Gasteiger partial charge in [0.05, 0.1) is 5.56 Å². The highest BCUT2D eigenvalue weighted by atomic mass is 19.4. The van der Waals surface area contributed by atoms with E-state index < -0.39 is 11.7 Å². The number of benzene rings is 2. The van der Waals surface area contributed by atoms with E-state index in [2.05, 4.69) is 17.2 Å². The summed E-state index contributed by atoms with van der Waals surface area (Å²) in [6.07, 6.45) is -1.29. The second-order valence-electron chi connectivity index (χ2n) is 6.27. The summed E-state index contributed by atoms with van der Waals surface area (Å²) in [7, 11) is 0. The molecule has 0 aliphatic heterocycles. The van der Waals surface area contributed by atoms with Gasteiger partial charge in [0.15, 0.2) is 0 Å². The Hall–Kier alpha value is -2.60. The summed E-state index contributed by atoms with van der Waals surface area (Å²) in [4.78, 5) is 11.4. The zero-order valence-electron chi connectivity index (χ0n) is 14.1. The van der Waals surface area contributed by atoms with Crippen LogP contribution in [0.2, 0.25) is 0 Å². The molecule has 1 amide bonds. The van der Waals surface area contributed by atoms with E-state index in [9.17, 15) is 18.0 Å². The van der Waals surface area contributed by atoms with Crippen LogP contribution in [-0.4, -0.2) is 5.91 Å². The number of carbonyl (C=O) groups is 1. The van der Waals surface area contributed by atoms with Crippen molar-refractivity contribution >= 4 is 11.6 Å². The topological polar surface area (TPSA) is 41.1 Å². The molecule has 0 bridgehead atoms. The zero-order chi connectivity index (χ0) is 18.7. The normalized spacial score (nSPS) is 16.2. The number of rotatable bonds is 5. The fourth-order valence-corrected chi connectivity index (χ4v) is 3.15. The van der Waals surface area contributed by atoms with Gasteiger partial charge >= 0.3 is 6.18 Å². The minimum atomic E-state index is -4.31. The molecule has 0 saturated carbocycles. The molecule has 6 heteroatoms. The number of nitrogens with one attached hydrogen (secondary N) is 2. The maximum Gasteiger partial charge on any atom is 0.416 e. The van der Waals surface area contributed by atoms with Gasteiger partial charge in [0, 0.05) is 18.3 Å². The number of fused-ring (bicyclic) bond motifs is 1. The molecule has 2 aromatic carbocycles. The van der Waals surface area contributed by atoms with Crippen molar-refractivity contribution in [3.8, 4) is 0 Å². The maximum absolute atomic E-state index is 12.6. The molecule has 2 aromatic rings. The maximum atomic E-state index is 12.6. The van der Waals surface area contributed by atoms with Gasteiger partial charge in [0.1, 0.15) is 0 Å². The summed E-state index contributed by atoms with van der Waals surface area (Å²) in [5.74, 6) is -0.250. The van der Waals surface area contributed by atoms with E-state index in [0.717, 1.165) is 47.4 Å². The van der Waals surface area contributed by atoms with E-state index in [0.29, 0.717) is 6.54 Å². The van der Waals surface area contributed by atoms with Gasteiger partial charge in [0.25, 0.3) is 0 Å². The Morgan fingerprint density at radius 3 is 2.58 bits per heavy atom. The molecule has 3 rings (SSSR count). The molecule has 0 heterocycles. The lowest BCUT2D eigenvalue weighted by Crippen LogP contribution is -2.18. The largest absolute Gasteiger partial charge is 0.416 e. The Balaban J connectivity index is 1.63. The predicted molar refractivity (Wildman–Crippen MR) is 94.6 cm³/mol. The van der Waals surface area contributed by atoms with E-state index in [-0.39, 0.29) is 11.9 Å². The first-order valence-electron chi connectivity index (χ1n) is 8.32. The lowest BCUT2D eigenvalue weighted by Gasteiger charge is -2.15. The third-order valence-corrected chi connectivity index (χ3v) is 4.51. The van der Waals surface area contributed by atoms with Crippen molar-refractivity contribution in [1.29, 1.82) is 0 Å². The minimum Gasteiger partial charge on any atom is -0.323 e. The molecule has 0 saturated heterocycles. The number of halogens is 3. The van der Waals surface area contributed by atoms with Gasteiger partial charge < -0.3 is 10.6 Å². The summed E-state index contributed by atoms with van der Waals surface area (Å²) in [6, 6.07) is 11.1. The second-order valence-corrected chi connectivity index (χ2v) is 6.27. The SMILES string of the molecule is C=CC(=O)Nc1ccc2c(c1)CCC2NCc1ccc(C(F)(F)F)cc1. The molecule has 1 unspecified atom stereocenters. The van der Waals surface area contributed by atoms with Gasteiger partial charge in [-0.25, -0.2) is 0 Å². The molecule has 26 heavy (non-hydrogen) atoms. The summed E-state index contributed by atoms with van der Waals surface area (Å²) in [6.45, 7) is 3.93. The molecule has 0 spiro atoms. The van der Waals surface area contributed by atoms with Crippen molar-refractivity contribution < 1.29 is 18.0 Å². The van der Waals surface area contributed by atoms with Crippen LogP contribution >= 0.6 is 0 Å². The van der Waals surface area contributed by atoms with Crippen molar-refractivity contribution in [3.05, 3.63) is 77.4 Å². The minimum absolute atomic E-state index is 0.149. The smallest absolute Gasteiger partial charge is 0.323 e. The standard InChI is InChI=1S/C20H19F3N2O/c1-2-19(26)25-16-8-9-17-14(11-16)5-10-18(17)24-12-13-3-6-15(7-4-13)20(21,22)23/h2-4,6-9,11,18,24H,1,5,10,12H2,(H,25,26). The van der Waals surface area contributed by atoms with Crippen LogP contribution in [0.25, 0.3) is 0 Å². The van der Waals surface area contributed by atoms with E-state index in [1.165, 1.54) is 18.2 Å². The number of aryl methyl sites for hydroxylation is 1. The number of amides is 1. The van der Waals surface area contributed by atoms with Gasteiger partial charge in [-0.3, -0.25) is 4.79 Å². The number of carbonyl (C=O) groups excluding carboxylic acids is 1. The molecular weight excluding hydrogens is 341 g/mol. The molecule has 3 nitrogen and oxygen atoms in total. The van der Waals surface area contributed by atoms with Crippen LogP contribution in [-0.2, 0) is 23.9 Å². The molecule has 2 N–H and O–H groups in total. The Morgan fingerprint density at radius 1 is 1.19 bits per heavy atom. The van der Waals surface area contributed by atoms with E-state index in [1.54, 1.807) is 0 Å². The predicted octanol–water partition coefficient (Wildman–Crippen LogP) is 4.61. The van der Waals surface area contributed by atoms with Crippen LogP contribution in [0.15, 0.2) is 55.1 Å². The van der Waals surface area contributed by atoms with Gasteiger partial charge in [-0.15, -0.1) is 0 Å². The van der Waals surface area contributed by atoms with Crippen molar-refractivity contribution in [2.45, 2.75) is 31.6 Å². The molecule has 0 aromatic heterocycles. The molecule has 1 atom stereocenters. The molecule has 0 fully saturated rings. The van der Waals surface area contributed by atoms with Gasteiger partial charge in [-0.05, 0) is 59.9 Å². The van der Waals surface area contributed by atoms with Crippen LogP contribution in [0.1, 0.15) is 34.7 Å². The highest BCUT2D eigenvalue weighted by molar-refractivity contribution is 5.98. The number of hydrogen-bond donors (Lipinski definition) is 2. The monoisotopic (exact) mass is 360 g/mol. The fourth-order valence-electron chi connectivity index (χ4n) is 3.15. The van der Waals surface area contributed by atoms with E-state index in [1.807, 2.05) is 18.2 Å². The first-order chi connectivity index (χ1) is 12.4. The highest BCUT2D eigenvalue weighted by Gasteiger charge is 2.30. The van der Waals surface area contributed by atoms with Gasteiger partial charge in [-0.1, -0.05) is 24.8 Å².